The number of ether oxygens (including phenoxy) is 1. The summed E-state index contributed by atoms with van der Waals surface area (Å²) in [5, 5.41) is 0. The topological polar surface area (TPSA) is 26.3 Å². The highest BCUT2D eigenvalue weighted by atomic mass is 16.5. The van der Waals surface area contributed by atoms with Gasteiger partial charge in [-0.2, -0.15) is 0 Å². The van der Waals surface area contributed by atoms with Gasteiger partial charge in [0.25, 0.3) is 0 Å². The van der Waals surface area contributed by atoms with Gasteiger partial charge in [0.1, 0.15) is 0 Å². The van der Waals surface area contributed by atoms with Crippen molar-refractivity contribution < 1.29 is 9.53 Å². The molecule has 0 amide bonds. The first-order valence-electron chi connectivity index (χ1n) is 7.21. The fourth-order valence-electron chi connectivity index (χ4n) is 3.24. The number of hydrogen-bond donors (Lipinski definition) is 0. The second-order valence-corrected chi connectivity index (χ2v) is 5.59. The lowest BCUT2D eigenvalue weighted by Crippen LogP contribution is -2.21. The number of carbonyl (C=O) groups excluding carboxylic acids is 1. The van der Waals surface area contributed by atoms with E-state index in [1.165, 1.54) is 19.3 Å². The van der Waals surface area contributed by atoms with Crippen molar-refractivity contribution in [1.29, 1.82) is 0 Å². The first kappa shape index (κ1) is 12.6. The van der Waals surface area contributed by atoms with Crippen molar-refractivity contribution in [3.8, 4) is 0 Å². The van der Waals surface area contributed by atoms with E-state index in [1.807, 2.05) is 30.3 Å². The summed E-state index contributed by atoms with van der Waals surface area (Å²) in [4.78, 5) is 12.2. The molecular weight excluding hydrogens is 236 g/mol. The number of hydrogen-bond acceptors (Lipinski definition) is 2. The number of benzene rings is 1. The van der Waals surface area contributed by atoms with Crippen LogP contribution in [0.2, 0.25) is 0 Å². The zero-order chi connectivity index (χ0) is 13.1. The van der Waals surface area contributed by atoms with E-state index in [1.54, 1.807) is 0 Å². The van der Waals surface area contributed by atoms with Crippen LogP contribution in [0.3, 0.4) is 0 Å². The van der Waals surface area contributed by atoms with Gasteiger partial charge in [0.05, 0.1) is 13.2 Å². The van der Waals surface area contributed by atoms with Gasteiger partial charge in [-0.1, -0.05) is 49.2 Å². The molecule has 2 aliphatic carbocycles. The molecule has 2 nitrogen and oxygen atoms in total. The molecule has 2 atom stereocenters. The van der Waals surface area contributed by atoms with E-state index in [2.05, 4.69) is 6.08 Å². The Bertz CT molecular complexity index is 475. The Morgan fingerprint density at radius 3 is 2.63 bits per heavy atom. The number of ketones is 1. The van der Waals surface area contributed by atoms with Crippen molar-refractivity contribution in [2.45, 2.75) is 32.3 Å². The maximum Gasteiger partial charge on any atom is 0.164 e. The van der Waals surface area contributed by atoms with Crippen LogP contribution < -0.4 is 0 Å². The molecule has 3 rings (SSSR count). The number of carbonyl (C=O) groups is 1. The molecule has 1 saturated carbocycles. The average molecular weight is 256 g/mol. The normalized spacial score (nSPS) is 26.1. The maximum absolute atomic E-state index is 12.2. The fourth-order valence-corrected chi connectivity index (χ4v) is 3.24. The van der Waals surface area contributed by atoms with Gasteiger partial charge in [0.2, 0.25) is 0 Å². The van der Waals surface area contributed by atoms with Crippen LogP contribution in [0.5, 0.6) is 0 Å². The summed E-state index contributed by atoms with van der Waals surface area (Å²) in [5.41, 5.74) is 2.07. The molecule has 2 heteroatoms. The van der Waals surface area contributed by atoms with Gasteiger partial charge in [-0.05, 0) is 24.3 Å². The fraction of sp³-hybridized carbons (Fsp3) is 0.471. The van der Waals surface area contributed by atoms with E-state index >= 15 is 0 Å². The summed E-state index contributed by atoms with van der Waals surface area (Å²) < 4.78 is 5.69. The molecule has 1 aromatic carbocycles. The second-order valence-electron chi connectivity index (χ2n) is 5.59. The summed E-state index contributed by atoms with van der Waals surface area (Å²) in [6.45, 7) is 1.06. The van der Waals surface area contributed by atoms with Crippen molar-refractivity contribution in [1.82, 2.24) is 0 Å². The van der Waals surface area contributed by atoms with E-state index < -0.39 is 0 Å². The minimum atomic E-state index is 0.268. The van der Waals surface area contributed by atoms with E-state index in [4.69, 9.17) is 4.74 Å². The van der Waals surface area contributed by atoms with Crippen LogP contribution in [0.25, 0.3) is 0 Å². The molecule has 0 radical (unpaired) electrons. The smallest absolute Gasteiger partial charge is 0.164 e. The standard InChI is InChI=1S/C17H20O2/c18-17-15(10-14-8-4-5-9-16(14)17)12-19-11-13-6-2-1-3-7-13/h1-3,6-7,10,14,16H,4-5,8-9,11-12H2. The third-order valence-corrected chi connectivity index (χ3v) is 4.26. The largest absolute Gasteiger partial charge is 0.372 e. The van der Waals surface area contributed by atoms with Crippen molar-refractivity contribution in [2.75, 3.05) is 6.61 Å². The van der Waals surface area contributed by atoms with Gasteiger partial charge in [0.15, 0.2) is 5.78 Å². The van der Waals surface area contributed by atoms with Gasteiger partial charge < -0.3 is 4.74 Å². The van der Waals surface area contributed by atoms with Crippen molar-refractivity contribution in [3.05, 3.63) is 47.5 Å². The summed E-state index contributed by atoms with van der Waals surface area (Å²) in [6, 6.07) is 10.1. The van der Waals surface area contributed by atoms with Crippen molar-refractivity contribution in [3.63, 3.8) is 0 Å². The van der Waals surface area contributed by atoms with E-state index in [-0.39, 0.29) is 5.92 Å². The number of fused-ring (bicyclic) bond motifs is 1. The minimum Gasteiger partial charge on any atom is -0.372 e. The van der Waals surface area contributed by atoms with Gasteiger partial charge in [-0.15, -0.1) is 0 Å². The summed E-state index contributed by atoms with van der Waals surface area (Å²) in [5.74, 6) is 1.11. The second kappa shape index (κ2) is 5.70. The van der Waals surface area contributed by atoms with Gasteiger partial charge >= 0.3 is 0 Å². The molecule has 2 unspecified atom stereocenters. The van der Waals surface area contributed by atoms with Gasteiger partial charge in [-0.3, -0.25) is 4.79 Å². The Morgan fingerprint density at radius 1 is 1.05 bits per heavy atom. The van der Waals surface area contributed by atoms with Crippen LogP contribution in [0.1, 0.15) is 31.2 Å². The summed E-state index contributed by atoms with van der Waals surface area (Å²) in [6.07, 6.45) is 6.90. The molecule has 0 saturated heterocycles. The van der Waals surface area contributed by atoms with E-state index in [0.29, 0.717) is 24.9 Å². The molecule has 2 aliphatic rings. The molecule has 0 N–H and O–H groups in total. The Morgan fingerprint density at radius 2 is 1.84 bits per heavy atom. The molecule has 0 spiro atoms. The predicted octanol–water partition coefficient (Wildman–Crippen LogP) is 3.52. The third-order valence-electron chi connectivity index (χ3n) is 4.26. The monoisotopic (exact) mass is 256 g/mol. The Labute approximate surface area is 114 Å². The number of allylic oxidation sites excluding steroid dienone is 1. The Hall–Kier alpha value is -1.41. The van der Waals surface area contributed by atoms with Crippen molar-refractivity contribution in [2.24, 2.45) is 11.8 Å². The Balaban J connectivity index is 1.54. The lowest BCUT2D eigenvalue weighted by molar-refractivity contribution is -0.120. The molecule has 1 aromatic rings. The maximum atomic E-state index is 12.2. The molecule has 0 bridgehead atoms. The molecule has 1 fully saturated rings. The summed E-state index contributed by atoms with van der Waals surface area (Å²) in [7, 11) is 0. The SMILES string of the molecule is O=C1C(COCc2ccccc2)=CC2CCCCC12. The molecule has 100 valence electrons. The van der Waals surface area contributed by atoms with Gasteiger partial charge in [-0.25, -0.2) is 0 Å². The van der Waals surface area contributed by atoms with E-state index in [9.17, 15) is 4.79 Å². The number of rotatable bonds is 4. The predicted molar refractivity (Wildman–Crippen MR) is 74.6 cm³/mol. The van der Waals surface area contributed by atoms with Crippen LogP contribution in [0.15, 0.2) is 42.0 Å². The summed E-state index contributed by atoms with van der Waals surface area (Å²) >= 11 is 0. The molecular formula is C17H20O2. The highest BCUT2D eigenvalue weighted by Crippen LogP contribution is 2.38. The lowest BCUT2D eigenvalue weighted by Gasteiger charge is -2.22. The zero-order valence-corrected chi connectivity index (χ0v) is 11.2. The number of Topliss-reactive ketones (excluding diaryl/α,β-unsaturated/α-hetero) is 1. The minimum absolute atomic E-state index is 0.268. The highest BCUT2D eigenvalue weighted by molar-refractivity contribution is 6.00. The van der Waals surface area contributed by atoms with Crippen LogP contribution in [0.4, 0.5) is 0 Å². The van der Waals surface area contributed by atoms with Crippen LogP contribution >= 0.6 is 0 Å². The third kappa shape index (κ3) is 2.79. The van der Waals surface area contributed by atoms with E-state index in [0.717, 1.165) is 17.6 Å². The average Bonchev–Trinajstić information content (AvgIpc) is 2.78. The van der Waals surface area contributed by atoms with Crippen LogP contribution in [0, 0.1) is 11.8 Å². The molecule has 0 aliphatic heterocycles. The van der Waals surface area contributed by atoms with Crippen LogP contribution in [-0.4, -0.2) is 12.4 Å². The molecule has 0 heterocycles. The quantitative estimate of drug-likeness (QED) is 0.824. The highest BCUT2D eigenvalue weighted by Gasteiger charge is 2.36. The van der Waals surface area contributed by atoms with Gasteiger partial charge in [0, 0.05) is 11.5 Å². The molecule has 0 aromatic heterocycles. The lowest BCUT2D eigenvalue weighted by atomic mass is 9.81. The first-order valence-corrected chi connectivity index (χ1v) is 7.21. The van der Waals surface area contributed by atoms with Crippen LogP contribution in [-0.2, 0) is 16.1 Å². The zero-order valence-electron chi connectivity index (χ0n) is 11.2. The Kier molecular flexibility index (Phi) is 3.79. The first-order chi connectivity index (χ1) is 9.34. The molecule has 19 heavy (non-hydrogen) atoms. The van der Waals surface area contributed by atoms with Crippen molar-refractivity contribution >= 4 is 5.78 Å².